The van der Waals surface area contributed by atoms with Crippen molar-refractivity contribution in [3.8, 4) is 0 Å². The van der Waals surface area contributed by atoms with Crippen LogP contribution in [-0.2, 0) is 12.8 Å². The lowest BCUT2D eigenvalue weighted by Gasteiger charge is -2.21. The molecule has 20 heavy (non-hydrogen) atoms. The lowest BCUT2D eigenvalue weighted by atomic mass is 10.0. The maximum Gasteiger partial charge on any atom is 0.0315 e. The van der Waals surface area contributed by atoms with Gasteiger partial charge in [-0.1, -0.05) is 24.3 Å². The molecule has 2 unspecified atom stereocenters. The lowest BCUT2D eigenvalue weighted by Crippen LogP contribution is -2.22. The standard InChI is InChI=1S/C18H22N2/c1-13(20-14(2)18-7-4-10-19-12-18)16-9-8-15-5-3-6-17(15)11-16/h4,7-14,20H,3,5-6H2,1-2H3. The lowest BCUT2D eigenvalue weighted by molar-refractivity contribution is 0.493. The molecule has 1 aliphatic rings. The highest BCUT2D eigenvalue weighted by atomic mass is 14.9. The van der Waals surface area contributed by atoms with E-state index in [2.05, 4.69) is 48.4 Å². The minimum atomic E-state index is 0.312. The van der Waals surface area contributed by atoms with E-state index in [1.54, 1.807) is 11.1 Å². The van der Waals surface area contributed by atoms with Crippen LogP contribution >= 0.6 is 0 Å². The van der Waals surface area contributed by atoms with E-state index < -0.39 is 0 Å². The molecule has 0 bridgehead atoms. The fraction of sp³-hybridized carbons (Fsp3) is 0.389. The summed E-state index contributed by atoms with van der Waals surface area (Å²) in [6.07, 6.45) is 7.57. The van der Waals surface area contributed by atoms with E-state index in [0.29, 0.717) is 12.1 Å². The minimum Gasteiger partial charge on any atom is -0.304 e. The van der Waals surface area contributed by atoms with Crippen molar-refractivity contribution in [1.82, 2.24) is 10.3 Å². The molecule has 1 heterocycles. The number of nitrogens with one attached hydrogen (secondary N) is 1. The number of aryl methyl sites for hydroxylation is 2. The van der Waals surface area contributed by atoms with Gasteiger partial charge in [-0.3, -0.25) is 4.98 Å². The van der Waals surface area contributed by atoms with E-state index >= 15 is 0 Å². The van der Waals surface area contributed by atoms with Crippen LogP contribution in [0.4, 0.5) is 0 Å². The highest BCUT2D eigenvalue weighted by Crippen LogP contribution is 2.26. The smallest absolute Gasteiger partial charge is 0.0315 e. The van der Waals surface area contributed by atoms with Gasteiger partial charge in [0.1, 0.15) is 0 Å². The second-order valence-corrected chi connectivity index (χ2v) is 5.78. The number of aromatic nitrogens is 1. The summed E-state index contributed by atoms with van der Waals surface area (Å²) in [5, 5.41) is 3.66. The first kappa shape index (κ1) is 13.3. The third-order valence-electron chi connectivity index (χ3n) is 4.31. The fourth-order valence-electron chi connectivity index (χ4n) is 3.06. The maximum atomic E-state index is 4.19. The molecule has 1 aliphatic carbocycles. The first-order chi connectivity index (χ1) is 9.74. The normalized spacial score (nSPS) is 16.7. The van der Waals surface area contributed by atoms with E-state index in [0.717, 1.165) is 0 Å². The van der Waals surface area contributed by atoms with Crippen molar-refractivity contribution in [2.75, 3.05) is 0 Å². The summed E-state index contributed by atoms with van der Waals surface area (Å²) >= 11 is 0. The van der Waals surface area contributed by atoms with Gasteiger partial charge in [-0.15, -0.1) is 0 Å². The largest absolute Gasteiger partial charge is 0.304 e. The topological polar surface area (TPSA) is 24.9 Å². The molecule has 0 radical (unpaired) electrons. The Balaban J connectivity index is 1.71. The van der Waals surface area contributed by atoms with Crippen molar-refractivity contribution in [3.05, 3.63) is 65.0 Å². The number of hydrogen-bond acceptors (Lipinski definition) is 2. The third-order valence-corrected chi connectivity index (χ3v) is 4.31. The van der Waals surface area contributed by atoms with Gasteiger partial charge in [0.25, 0.3) is 0 Å². The molecule has 2 heteroatoms. The summed E-state index contributed by atoms with van der Waals surface area (Å²) in [5.74, 6) is 0. The van der Waals surface area contributed by atoms with Crippen LogP contribution < -0.4 is 5.32 Å². The van der Waals surface area contributed by atoms with Gasteiger partial charge in [-0.2, -0.15) is 0 Å². The van der Waals surface area contributed by atoms with Crippen molar-refractivity contribution in [3.63, 3.8) is 0 Å². The van der Waals surface area contributed by atoms with Crippen LogP contribution in [0.25, 0.3) is 0 Å². The zero-order chi connectivity index (χ0) is 13.9. The zero-order valence-electron chi connectivity index (χ0n) is 12.3. The molecule has 3 rings (SSSR count). The quantitative estimate of drug-likeness (QED) is 0.905. The average molecular weight is 266 g/mol. The number of fused-ring (bicyclic) bond motifs is 1. The highest BCUT2D eigenvalue weighted by Gasteiger charge is 2.15. The Morgan fingerprint density at radius 1 is 1.00 bits per heavy atom. The monoisotopic (exact) mass is 266 g/mol. The van der Waals surface area contributed by atoms with E-state index in [9.17, 15) is 0 Å². The number of benzene rings is 1. The predicted octanol–water partition coefficient (Wildman–Crippen LogP) is 3.98. The van der Waals surface area contributed by atoms with Gasteiger partial charge in [-0.25, -0.2) is 0 Å². The van der Waals surface area contributed by atoms with Gasteiger partial charge >= 0.3 is 0 Å². The molecule has 1 N–H and O–H groups in total. The summed E-state index contributed by atoms with van der Waals surface area (Å²) < 4.78 is 0. The van der Waals surface area contributed by atoms with Crippen molar-refractivity contribution in [2.45, 2.75) is 45.2 Å². The van der Waals surface area contributed by atoms with Crippen molar-refractivity contribution in [1.29, 1.82) is 0 Å². The van der Waals surface area contributed by atoms with Crippen LogP contribution in [-0.4, -0.2) is 4.98 Å². The van der Waals surface area contributed by atoms with Crippen LogP contribution in [0.2, 0.25) is 0 Å². The Bertz CT molecular complexity index is 577. The van der Waals surface area contributed by atoms with E-state index in [1.807, 2.05) is 18.5 Å². The van der Waals surface area contributed by atoms with Crippen LogP contribution in [0.15, 0.2) is 42.7 Å². The van der Waals surface area contributed by atoms with Crippen LogP contribution in [0.1, 0.15) is 54.6 Å². The molecule has 2 atom stereocenters. The molecule has 0 amide bonds. The SMILES string of the molecule is CC(NC(C)c1ccc2c(c1)CCC2)c1cccnc1. The van der Waals surface area contributed by atoms with E-state index in [1.165, 1.54) is 30.4 Å². The van der Waals surface area contributed by atoms with Crippen molar-refractivity contribution >= 4 is 0 Å². The summed E-state index contributed by atoms with van der Waals surface area (Å²) in [5.41, 5.74) is 5.72. The molecule has 1 aromatic heterocycles. The Labute approximate surface area is 121 Å². The van der Waals surface area contributed by atoms with E-state index in [-0.39, 0.29) is 0 Å². The molecule has 1 aromatic carbocycles. The maximum absolute atomic E-state index is 4.19. The first-order valence-electron chi connectivity index (χ1n) is 7.51. The molecule has 0 aliphatic heterocycles. The van der Waals surface area contributed by atoms with Crippen LogP contribution in [0, 0.1) is 0 Å². The highest BCUT2D eigenvalue weighted by molar-refractivity contribution is 5.36. The molecule has 104 valence electrons. The van der Waals surface area contributed by atoms with Gasteiger partial charge in [-0.05, 0) is 61.4 Å². The fourth-order valence-corrected chi connectivity index (χ4v) is 3.06. The molecule has 0 fully saturated rings. The predicted molar refractivity (Wildman–Crippen MR) is 82.7 cm³/mol. The summed E-state index contributed by atoms with van der Waals surface area (Å²) in [6, 6.07) is 11.8. The molecule has 0 saturated carbocycles. The second kappa shape index (κ2) is 5.76. The average Bonchev–Trinajstić information content (AvgIpc) is 2.95. The van der Waals surface area contributed by atoms with Crippen molar-refractivity contribution in [2.24, 2.45) is 0 Å². The Morgan fingerprint density at radius 3 is 2.60 bits per heavy atom. The summed E-state index contributed by atoms with van der Waals surface area (Å²) in [7, 11) is 0. The number of nitrogens with zero attached hydrogens (tertiary/aromatic N) is 1. The second-order valence-electron chi connectivity index (χ2n) is 5.78. The van der Waals surface area contributed by atoms with Gasteiger partial charge in [0.2, 0.25) is 0 Å². The first-order valence-corrected chi connectivity index (χ1v) is 7.51. The Morgan fingerprint density at radius 2 is 1.80 bits per heavy atom. The van der Waals surface area contributed by atoms with Crippen molar-refractivity contribution < 1.29 is 0 Å². The van der Waals surface area contributed by atoms with Gasteiger partial charge in [0.15, 0.2) is 0 Å². The Kier molecular flexibility index (Phi) is 3.83. The molecule has 0 spiro atoms. The molecule has 2 nitrogen and oxygen atoms in total. The van der Waals surface area contributed by atoms with E-state index in [4.69, 9.17) is 0 Å². The molecular weight excluding hydrogens is 244 g/mol. The molecule has 2 aromatic rings. The summed E-state index contributed by atoms with van der Waals surface area (Å²) in [6.45, 7) is 4.43. The summed E-state index contributed by atoms with van der Waals surface area (Å²) in [4.78, 5) is 4.19. The third kappa shape index (κ3) is 2.75. The number of pyridine rings is 1. The van der Waals surface area contributed by atoms with Crippen LogP contribution in [0.3, 0.4) is 0 Å². The number of rotatable bonds is 4. The van der Waals surface area contributed by atoms with Gasteiger partial charge in [0, 0.05) is 24.5 Å². The van der Waals surface area contributed by atoms with Gasteiger partial charge in [0.05, 0.1) is 0 Å². The Hall–Kier alpha value is -1.67. The van der Waals surface area contributed by atoms with Gasteiger partial charge < -0.3 is 5.32 Å². The minimum absolute atomic E-state index is 0.312. The number of hydrogen-bond donors (Lipinski definition) is 1. The zero-order valence-corrected chi connectivity index (χ0v) is 12.3. The molecular formula is C18H22N2. The molecule has 0 saturated heterocycles. The van der Waals surface area contributed by atoms with Crippen LogP contribution in [0.5, 0.6) is 0 Å².